The Kier molecular flexibility index (Phi) is 7.18. The molecule has 1 saturated heterocycles. The number of nitrogens with zero attached hydrogens (tertiary/aromatic N) is 3. The third-order valence-electron chi connectivity index (χ3n) is 6.31. The molecular formula is C29H28N4O2S. The number of para-hydroxylation sites is 1. The Balaban J connectivity index is 1.36. The number of benzene rings is 3. The maximum absolute atomic E-state index is 13.4. The minimum absolute atomic E-state index is 0.156. The van der Waals surface area contributed by atoms with Crippen molar-refractivity contribution in [2.75, 3.05) is 29.9 Å². The Bertz CT molecular complexity index is 1360. The third kappa shape index (κ3) is 5.36. The maximum Gasteiger partial charge on any atom is 0.259 e. The van der Waals surface area contributed by atoms with Gasteiger partial charge in [0.25, 0.3) is 5.91 Å². The normalized spacial score (nSPS) is 13.4. The summed E-state index contributed by atoms with van der Waals surface area (Å²) >= 11 is 1.89. The molecular weight excluding hydrogens is 468 g/mol. The van der Waals surface area contributed by atoms with Gasteiger partial charge in [-0.25, -0.2) is 4.68 Å². The number of aryl methyl sites for hydroxylation is 1. The van der Waals surface area contributed by atoms with Crippen LogP contribution in [0.15, 0.2) is 85.1 Å². The van der Waals surface area contributed by atoms with Crippen LogP contribution in [0.5, 0.6) is 0 Å². The predicted octanol–water partition coefficient (Wildman–Crippen LogP) is 5.22. The molecule has 36 heavy (non-hydrogen) atoms. The molecule has 3 aromatic carbocycles. The van der Waals surface area contributed by atoms with Crippen LogP contribution in [0.4, 0.5) is 5.69 Å². The smallest absolute Gasteiger partial charge is 0.259 e. The number of thioether (sulfide) groups is 1. The summed E-state index contributed by atoms with van der Waals surface area (Å²) in [7, 11) is 0. The number of carbonyl (C=O) groups is 2. The van der Waals surface area contributed by atoms with Gasteiger partial charge in [0.1, 0.15) is 5.69 Å². The average molecular weight is 497 g/mol. The van der Waals surface area contributed by atoms with Crippen molar-refractivity contribution in [3.8, 4) is 16.9 Å². The quantitative estimate of drug-likeness (QED) is 0.398. The number of anilines is 1. The summed E-state index contributed by atoms with van der Waals surface area (Å²) in [5.41, 5.74) is 5.59. The molecule has 0 atom stereocenters. The van der Waals surface area contributed by atoms with Gasteiger partial charge in [-0.2, -0.15) is 16.9 Å². The Morgan fingerprint density at radius 2 is 1.61 bits per heavy atom. The molecule has 1 aliphatic heterocycles. The van der Waals surface area contributed by atoms with Crippen LogP contribution >= 0.6 is 11.8 Å². The van der Waals surface area contributed by atoms with E-state index in [4.69, 9.17) is 5.10 Å². The first-order valence-electron chi connectivity index (χ1n) is 12.1. The summed E-state index contributed by atoms with van der Waals surface area (Å²) in [5, 5.41) is 7.78. The summed E-state index contributed by atoms with van der Waals surface area (Å²) in [5.74, 6) is 1.93. The van der Waals surface area contributed by atoms with Gasteiger partial charge in [0.15, 0.2) is 0 Å². The van der Waals surface area contributed by atoms with Crippen LogP contribution in [0.2, 0.25) is 0 Å². The second-order valence-corrected chi connectivity index (χ2v) is 10.0. The maximum atomic E-state index is 13.4. The Morgan fingerprint density at radius 3 is 2.33 bits per heavy atom. The lowest BCUT2D eigenvalue weighted by atomic mass is 10.0. The van der Waals surface area contributed by atoms with Crippen molar-refractivity contribution in [2.45, 2.75) is 13.3 Å². The summed E-state index contributed by atoms with van der Waals surface area (Å²) < 4.78 is 1.74. The molecule has 6 nitrogen and oxygen atoms in total. The molecule has 0 bridgehead atoms. The zero-order valence-corrected chi connectivity index (χ0v) is 21.0. The predicted molar refractivity (Wildman–Crippen MR) is 146 cm³/mol. The minimum Gasteiger partial charge on any atom is -0.341 e. The van der Waals surface area contributed by atoms with Gasteiger partial charge in [0, 0.05) is 42.0 Å². The van der Waals surface area contributed by atoms with E-state index in [1.54, 1.807) is 10.9 Å². The SMILES string of the molecule is Cc1ccccc1-c1nn(-c2ccccc2)cc1C(=O)Nc1ccc(CC(=O)N2CCSCC2)cc1. The van der Waals surface area contributed by atoms with Crippen LogP contribution in [0, 0.1) is 6.92 Å². The average Bonchev–Trinajstić information content (AvgIpc) is 3.37. The molecule has 5 rings (SSSR count). The van der Waals surface area contributed by atoms with Gasteiger partial charge in [0.2, 0.25) is 5.91 Å². The second-order valence-electron chi connectivity index (χ2n) is 8.81. The van der Waals surface area contributed by atoms with Gasteiger partial charge in [-0.15, -0.1) is 0 Å². The lowest BCUT2D eigenvalue weighted by Gasteiger charge is -2.26. The van der Waals surface area contributed by atoms with E-state index in [0.717, 1.165) is 47.0 Å². The highest BCUT2D eigenvalue weighted by molar-refractivity contribution is 7.99. The Morgan fingerprint density at radius 1 is 0.917 bits per heavy atom. The van der Waals surface area contributed by atoms with Gasteiger partial charge in [0.05, 0.1) is 17.7 Å². The van der Waals surface area contributed by atoms with Crippen molar-refractivity contribution in [3.63, 3.8) is 0 Å². The van der Waals surface area contributed by atoms with Crippen molar-refractivity contribution in [3.05, 3.63) is 102 Å². The Hall–Kier alpha value is -3.84. The summed E-state index contributed by atoms with van der Waals surface area (Å²) in [4.78, 5) is 27.9. The number of carbonyl (C=O) groups excluding carboxylic acids is 2. The van der Waals surface area contributed by atoms with Crippen molar-refractivity contribution < 1.29 is 9.59 Å². The Labute approximate surface area is 215 Å². The van der Waals surface area contributed by atoms with E-state index in [2.05, 4.69) is 5.32 Å². The van der Waals surface area contributed by atoms with Crippen LogP contribution in [-0.4, -0.2) is 51.1 Å². The van der Waals surface area contributed by atoms with Gasteiger partial charge in [-0.1, -0.05) is 54.6 Å². The fraction of sp³-hybridized carbons (Fsp3) is 0.207. The molecule has 1 fully saturated rings. The van der Waals surface area contributed by atoms with Crippen LogP contribution in [0.1, 0.15) is 21.5 Å². The fourth-order valence-electron chi connectivity index (χ4n) is 4.29. The monoisotopic (exact) mass is 496 g/mol. The molecule has 1 aromatic heterocycles. The van der Waals surface area contributed by atoms with Crippen LogP contribution in [0.3, 0.4) is 0 Å². The summed E-state index contributed by atoms with van der Waals surface area (Å²) in [6.45, 7) is 3.65. The molecule has 0 spiro atoms. The first kappa shape index (κ1) is 23.9. The molecule has 7 heteroatoms. The van der Waals surface area contributed by atoms with E-state index in [0.29, 0.717) is 23.4 Å². The van der Waals surface area contributed by atoms with Gasteiger partial charge in [-0.05, 0) is 42.3 Å². The highest BCUT2D eigenvalue weighted by Crippen LogP contribution is 2.27. The second kappa shape index (κ2) is 10.8. The number of hydrogen-bond acceptors (Lipinski definition) is 4. The molecule has 0 radical (unpaired) electrons. The largest absolute Gasteiger partial charge is 0.341 e. The van der Waals surface area contributed by atoms with E-state index in [-0.39, 0.29) is 11.8 Å². The molecule has 0 unspecified atom stereocenters. The fourth-order valence-corrected chi connectivity index (χ4v) is 5.20. The van der Waals surface area contributed by atoms with E-state index >= 15 is 0 Å². The number of nitrogens with one attached hydrogen (secondary N) is 1. The van der Waals surface area contributed by atoms with E-state index < -0.39 is 0 Å². The zero-order valence-electron chi connectivity index (χ0n) is 20.2. The van der Waals surface area contributed by atoms with Crippen molar-refractivity contribution in [2.24, 2.45) is 0 Å². The molecule has 0 saturated carbocycles. The molecule has 1 aliphatic rings. The highest BCUT2D eigenvalue weighted by Gasteiger charge is 2.20. The number of hydrogen-bond donors (Lipinski definition) is 1. The first-order valence-corrected chi connectivity index (χ1v) is 13.2. The summed E-state index contributed by atoms with van der Waals surface area (Å²) in [6, 6.07) is 25.2. The summed E-state index contributed by atoms with van der Waals surface area (Å²) in [6.07, 6.45) is 2.15. The third-order valence-corrected chi connectivity index (χ3v) is 7.25. The molecule has 1 N–H and O–H groups in total. The van der Waals surface area contributed by atoms with Crippen molar-refractivity contribution in [1.82, 2.24) is 14.7 Å². The zero-order chi connectivity index (χ0) is 24.9. The lowest BCUT2D eigenvalue weighted by Crippen LogP contribution is -2.38. The van der Waals surface area contributed by atoms with E-state index in [1.807, 2.05) is 102 Å². The standard InChI is InChI=1S/C29H28N4O2S/c1-21-7-5-6-10-25(21)28-26(20-33(31-28)24-8-3-2-4-9-24)29(35)30-23-13-11-22(12-14-23)19-27(34)32-15-17-36-18-16-32/h2-14,20H,15-19H2,1H3,(H,30,35). The first-order chi connectivity index (χ1) is 17.6. The van der Waals surface area contributed by atoms with E-state index in [9.17, 15) is 9.59 Å². The van der Waals surface area contributed by atoms with Crippen LogP contribution < -0.4 is 5.32 Å². The molecule has 182 valence electrons. The molecule has 2 heterocycles. The van der Waals surface area contributed by atoms with Gasteiger partial charge in [-0.3, -0.25) is 9.59 Å². The van der Waals surface area contributed by atoms with Crippen molar-refractivity contribution in [1.29, 1.82) is 0 Å². The van der Waals surface area contributed by atoms with Crippen LogP contribution in [0.25, 0.3) is 16.9 Å². The van der Waals surface area contributed by atoms with Gasteiger partial charge >= 0.3 is 0 Å². The topological polar surface area (TPSA) is 67.2 Å². The lowest BCUT2D eigenvalue weighted by molar-refractivity contribution is -0.130. The number of rotatable bonds is 6. The van der Waals surface area contributed by atoms with Crippen LogP contribution in [-0.2, 0) is 11.2 Å². The number of aromatic nitrogens is 2. The molecule has 2 amide bonds. The molecule has 4 aromatic rings. The van der Waals surface area contributed by atoms with E-state index in [1.165, 1.54) is 0 Å². The number of amides is 2. The van der Waals surface area contributed by atoms with Crippen molar-refractivity contribution >= 4 is 29.3 Å². The highest BCUT2D eigenvalue weighted by atomic mass is 32.2. The minimum atomic E-state index is -0.231. The van der Waals surface area contributed by atoms with Gasteiger partial charge < -0.3 is 10.2 Å². The molecule has 0 aliphatic carbocycles.